The molecular weight excluding hydrogens is 226 g/mol. The van der Waals surface area contributed by atoms with Crippen LogP contribution >= 0.6 is 0 Å². The number of nitrogens with one attached hydrogen (secondary N) is 4. The summed E-state index contributed by atoms with van der Waals surface area (Å²) in [7, 11) is 0. The van der Waals surface area contributed by atoms with Gasteiger partial charge in [0.05, 0.1) is 0 Å². The van der Waals surface area contributed by atoms with Crippen LogP contribution in [-0.2, 0) is 5.41 Å². The number of hydrogen-bond acceptors (Lipinski definition) is 2. The van der Waals surface area contributed by atoms with Crippen molar-refractivity contribution >= 4 is 17.6 Å². The zero-order chi connectivity index (χ0) is 13.8. The van der Waals surface area contributed by atoms with Crippen LogP contribution in [-0.4, -0.2) is 11.9 Å². The molecule has 5 nitrogen and oxygen atoms in total. The van der Waals surface area contributed by atoms with Crippen molar-refractivity contribution in [3.63, 3.8) is 0 Å². The normalized spacial score (nSPS) is 10.8. The quantitative estimate of drug-likeness (QED) is 0.418. The average molecular weight is 247 g/mol. The number of hydrogen-bond donors (Lipinski definition) is 5. The van der Waals surface area contributed by atoms with Gasteiger partial charge in [-0.05, 0) is 29.5 Å². The molecule has 0 saturated heterocycles. The van der Waals surface area contributed by atoms with E-state index in [0.717, 1.165) is 12.1 Å². The van der Waals surface area contributed by atoms with Gasteiger partial charge in [0.2, 0.25) is 0 Å². The number of nitrogens with two attached hydrogens (primary N) is 1. The molecule has 0 aliphatic heterocycles. The lowest BCUT2D eigenvalue weighted by atomic mass is 9.82. The van der Waals surface area contributed by atoms with Crippen molar-refractivity contribution in [3.05, 3.63) is 29.8 Å². The Hall–Kier alpha value is -2.04. The molecule has 0 radical (unpaired) electrons. The smallest absolute Gasteiger partial charge is 0.199 e. The second-order valence-electron chi connectivity index (χ2n) is 4.85. The van der Waals surface area contributed by atoms with E-state index in [2.05, 4.69) is 31.4 Å². The number of anilines is 1. The van der Waals surface area contributed by atoms with Crippen LogP contribution < -0.4 is 16.4 Å². The minimum absolute atomic E-state index is 0.00926. The fraction of sp³-hybridized carbons (Fsp3) is 0.385. The van der Waals surface area contributed by atoms with Crippen molar-refractivity contribution in [3.8, 4) is 0 Å². The Kier molecular flexibility index (Phi) is 4.31. The topological polar surface area (TPSA) is 97.8 Å². The highest BCUT2D eigenvalue weighted by Gasteiger charge is 2.17. The highest BCUT2D eigenvalue weighted by Crippen LogP contribution is 2.27. The molecular formula is C13H21N5. The average Bonchev–Trinajstić information content (AvgIpc) is 2.28. The van der Waals surface area contributed by atoms with Gasteiger partial charge in [0, 0.05) is 5.69 Å². The molecule has 0 fully saturated rings. The maximum absolute atomic E-state index is 7.53. The molecule has 0 unspecified atom stereocenters. The third kappa shape index (κ3) is 3.76. The highest BCUT2D eigenvalue weighted by molar-refractivity contribution is 6.02. The van der Waals surface area contributed by atoms with Crippen molar-refractivity contribution in [1.82, 2.24) is 5.32 Å². The third-order valence-corrected chi connectivity index (χ3v) is 3.08. The summed E-state index contributed by atoms with van der Waals surface area (Å²) in [6.07, 6.45) is 1.07. The maximum atomic E-state index is 7.53. The van der Waals surface area contributed by atoms with Gasteiger partial charge < -0.3 is 11.1 Å². The number of guanidine groups is 2. The minimum Gasteiger partial charge on any atom is -0.370 e. The van der Waals surface area contributed by atoms with Crippen LogP contribution in [0.2, 0.25) is 0 Å². The largest absolute Gasteiger partial charge is 0.370 e. The fourth-order valence-corrected chi connectivity index (χ4v) is 1.52. The summed E-state index contributed by atoms with van der Waals surface area (Å²) >= 11 is 0. The van der Waals surface area contributed by atoms with Gasteiger partial charge in [0.25, 0.3) is 0 Å². The van der Waals surface area contributed by atoms with Crippen LogP contribution in [0.4, 0.5) is 5.69 Å². The van der Waals surface area contributed by atoms with Gasteiger partial charge in [0.15, 0.2) is 11.9 Å². The first-order valence-corrected chi connectivity index (χ1v) is 5.92. The standard InChI is InChI=1S/C13H21N5/c1-4-13(2,3)9-5-7-10(8-6-9)17-12(16)18-11(14)15/h5-8H,4H2,1-3H3,(H6,14,15,16,17,18). The summed E-state index contributed by atoms with van der Waals surface area (Å²) in [6.45, 7) is 6.57. The summed E-state index contributed by atoms with van der Waals surface area (Å²) in [6, 6.07) is 7.94. The first-order valence-electron chi connectivity index (χ1n) is 5.92. The van der Waals surface area contributed by atoms with E-state index in [1.54, 1.807) is 0 Å². The summed E-state index contributed by atoms with van der Waals surface area (Å²) in [4.78, 5) is 0. The Labute approximate surface area is 108 Å². The number of benzene rings is 1. The van der Waals surface area contributed by atoms with Crippen LogP contribution in [0.15, 0.2) is 24.3 Å². The monoisotopic (exact) mass is 247 g/mol. The Bertz CT molecular complexity index is 433. The molecule has 6 N–H and O–H groups in total. The van der Waals surface area contributed by atoms with E-state index >= 15 is 0 Å². The van der Waals surface area contributed by atoms with Crippen LogP contribution in [0, 0.1) is 10.8 Å². The van der Waals surface area contributed by atoms with Crippen molar-refractivity contribution < 1.29 is 0 Å². The Morgan fingerprint density at radius 1 is 1.22 bits per heavy atom. The summed E-state index contributed by atoms with van der Waals surface area (Å²) in [5.41, 5.74) is 7.36. The zero-order valence-electron chi connectivity index (χ0n) is 11.1. The SMILES string of the molecule is CCC(C)(C)c1ccc(NC(=N)NC(=N)N)cc1. The summed E-state index contributed by atoms with van der Waals surface area (Å²) < 4.78 is 0. The first kappa shape index (κ1) is 14.0. The molecule has 0 bridgehead atoms. The molecule has 18 heavy (non-hydrogen) atoms. The van der Waals surface area contributed by atoms with E-state index < -0.39 is 0 Å². The van der Waals surface area contributed by atoms with E-state index in [9.17, 15) is 0 Å². The molecule has 0 heterocycles. The molecule has 1 aromatic rings. The van der Waals surface area contributed by atoms with Crippen LogP contribution in [0.1, 0.15) is 32.8 Å². The van der Waals surface area contributed by atoms with E-state index in [4.69, 9.17) is 16.6 Å². The van der Waals surface area contributed by atoms with Crippen molar-refractivity contribution in [2.45, 2.75) is 32.6 Å². The molecule has 1 aromatic carbocycles. The fourth-order valence-electron chi connectivity index (χ4n) is 1.52. The van der Waals surface area contributed by atoms with Crippen molar-refractivity contribution in [1.29, 1.82) is 10.8 Å². The second-order valence-corrected chi connectivity index (χ2v) is 4.85. The lowest BCUT2D eigenvalue weighted by molar-refractivity contribution is 0.506. The molecule has 1 rings (SSSR count). The van der Waals surface area contributed by atoms with Crippen molar-refractivity contribution in [2.75, 3.05) is 5.32 Å². The predicted molar refractivity (Wildman–Crippen MR) is 76.2 cm³/mol. The molecule has 0 amide bonds. The van der Waals surface area contributed by atoms with Gasteiger partial charge in [-0.25, -0.2) is 0 Å². The molecule has 0 atom stereocenters. The van der Waals surface area contributed by atoms with Gasteiger partial charge in [-0.3, -0.25) is 16.1 Å². The van der Waals surface area contributed by atoms with E-state index in [1.165, 1.54) is 5.56 Å². The molecule has 0 aliphatic carbocycles. The predicted octanol–water partition coefficient (Wildman–Crippen LogP) is 2.20. The second kappa shape index (κ2) is 5.53. The van der Waals surface area contributed by atoms with Gasteiger partial charge in [0.1, 0.15) is 0 Å². The van der Waals surface area contributed by atoms with Crippen LogP contribution in [0.5, 0.6) is 0 Å². The van der Waals surface area contributed by atoms with Gasteiger partial charge in [-0.15, -0.1) is 0 Å². The lowest BCUT2D eigenvalue weighted by Crippen LogP contribution is -2.39. The Balaban J connectivity index is 2.72. The molecule has 0 aliphatic rings. The van der Waals surface area contributed by atoms with E-state index in [-0.39, 0.29) is 17.3 Å². The number of rotatable bonds is 3. The van der Waals surface area contributed by atoms with E-state index in [1.807, 2.05) is 24.3 Å². The summed E-state index contributed by atoms with van der Waals surface area (Å²) in [5, 5.41) is 19.7. The molecule has 0 spiro atoms. The first-order chi connectivity index (χ1) is 8.35. The van der Waals surface area contributed by atoms with Gasteiger partial charge in [-0.2, -0.15) is 0 Å². The zero-order valence-corrected chi connectivity index (χ0v) is 11.1. The van der Waals surface area contributed by atoms with Crippen LogP contribution in [0.25, 0.3) is 0 Å². The summed E-state index contributed by atoms with van der Waals surface area (Å²) in [5.74, 6) is -0.263. The van der Waals surface area contributed by atoms with Crippen LogP contribution in [0.3, 0.4) is 0 Å². The maximum Gasteiger partial charge on any atom is 0.199 e. The van der Waals surface area contributed by atoms with Gasteiger partial charge >= 0.3 is 0 Å². The minimum atomic E-state index is -0.253. The lowest BCUT2D eigenvalue weighted by Gasteiger charge is -2.23. The highest BCUT2D eigenvalue weighted by atomic mass is 15.2. The third-order valence-electron chi connectivity index (χ3n) is 3.08. The van der Waals surface area contributed by atoms with E-state index in [0.29, 0.717) is 0 Å². The molecule has 98 valence electrons. The molecule has 0 aromatic heterocycles. The van der Waals surface area contributed by atoms with Gasteiger partial charge in [-0.1, -0.05) is 32.9 Å². The Morgan fingerprint density at radius 2 is 1.78 bits per heavy atom. The molecule has 5 heteroatoms. The molecule has 0 saturated carbocycles. The Morgan fingerprint density at radius 3 is 2.22 bits per heavy atom. The van der Waals surface area contributed by atoms with Crippen molar-refractivity contribution in [2.24, 2.45) is 5.73 Å².